The number of likely N-dealkylation sites (tertiary alicyclic amines) is 1. The fourth-order valence-electron chi connectivity index (χ4n) is 2.24. The van der Waals surface area contributed by atoms with Crippen molar-refractivity contribution in [1.82, 2.24) is 15.1 Å². The molecule has 0 aliphatic carbocycles. The van der Waals surface area contributed by atoms with Crippen LogP contribution in [0, 0.1) is 11.8 Å². The van der Waals surface area contributed by atoms with E-state index in [4.69, 9.17) is 0 Å². The Morgan fingerprint density at radius 1 is 1.33 bits per heavy atom. The first kappa shape index (κ1) is 20.5. The summed E-state index contributed by atoms with van der Waals surface area (Å²) in [5, 5.41) is 3.37. The van der Waals surface area contributed by atoms with Crippen molar-refractivity contribution in [3.05, 3.63) is 0 Å². The first-order valence-corrected chi connectivity index (χ1v) is 7.69. The summed E-state index contributed by atoms with van der Waals surface area (Å²) in [6.07, 6.45) is 2.25. The monoisotopic (exact) mass is 410 g/mol. The van der Waals surface area contributed by atoms with E-state index >= 15 is 0 Å². The van der Waals surface area contributed by atoms with Crippen molar-refractivity contribution in [2.24, 2.45) is 16.8 Å². The molecule has 1 aliphatic heterocycles. The van der Waals surface area contributed by atoms with Gasteiger partial charge in [-0.25, -0.2) is 4.99 Å². The molecule has 124 valence electrons. The lowest BCUT2D eigenvalue weighted by Gasteiger charge is -2.37. The molecule has 1 amide bonds. The molecular weight excluding hydrogens is 379 g/mol. The van der Waals surface area contributed by atoms with Gasteiger partial charge in [-0.15, -0.1) is 24.0 Å². The molecule has 1 aliphatic rings. The second kappa shape index (κ2) is 10.2. The van der Waals surface area contributed by atoms with Gasteiger partial charge in [-0.2, -0.15) is 0 Å². The minimum atomic E-state index is 0. The van der Waals surface area contributed by atoms with E-state index in [1.165, 1.54) is 6.42 Å². The standard InChI is InChI=1S/C15H30N4O.HI/c1-6-8-16-15(17-10-14(20)18(4)5)19-9-7-12(2)13(3)11-19;/h12-13H,6-11H2,1-5H3,(H,16,17);1H. The highest BCUT2D eigenvalue weighted by atomic mass is 127. The fourth-order valence-corrected chi connectivity index (χ4v) is 2.24. The van der Waals surface area contributed by atoms with Crippen molar-refractivity contribution in [2.75, 3.05) is 40.3 Å². The van der Waals surface area contributed by atoms with E-state index in [0.717, 1.165) is 37.9 Å². The molecule has 1 N–H and O–H groups in total. The number of nitrogens with zero attached hydrogens (tertiary/aromatic N) is 3. The van der Waals surface area contributed by atoms with Gasteiger partial charge in [-0.1, -0.05) is 20.8 Å². The zero-order valence-electron chi connectivity index (χ0n) is 14.1. The van der Waals surface area contributed by atoms with Crippen LogP contribution in [-0.4, -0.2) is 61.9 Å². The Morgan fingerprint density at radius 2 is 2.00 bits per heavy atom. The van der Waals surface area contributed by atoms with Gasteiger partial charge < -0.3 is 15.1 Å². The van der Waals surface area contributed by atoms with Gasteiger partial charge in [0.05, 0.1) is 0 Å². The molecule has 0 aromatic heterocycles. The molecule has 5 nitrogen and oxygen atoms in total. The van der Waals surface area contributed by atoms with Gasteiger partial charge in [-0.05, 0) is 24.7 Å². The lowest BCUT2D eigenvalue weighted by Crippen LogP contribution is -2.48. The highest BCUT2D eigenvalue weighted by molar-refractivity contribution is 14.0. The quantitative estimate of drug-likeness (QED) is 0.438. The molecule has 1 rings (SSSR count). The Bertz CT molecular complexity index is 347. The van der Waals surface area contributed by atoms with E-state index in [9.17, 15) is 4.79 Å². The zero-order chi connectivity index (χ0) is 15.1. The van der Waals surface area contributed by atoms with E-state index in [0.29, 0.717) is 5.92 Å². The maximum absolute atomic E-state index is 11.7. The molecular formula is C15H31IN4O. The summed E-state index contributed by atoms with van der Waals surface area (Å²) < 4.78 is 0. The number of hydrogen-bond donors (Lipinski definition) is 1. The summed E-state index contributed by atoms with van der Waals surface area (Å²) >= 11 is 0. The maximum atomic E-state index is 11.7. The molecule has 2 unspecified atom stereocenters. The number of nitrogens with one attached hydrogen (secondary N) is 1. The van der Waals surface area contributed by atoms with Crippen LogP contribution in [-0.2, 0) is 4.79 Å². The van der Waals surface area contributed by atoms with Gasteiger partial charge in [0.2, 0.25) is 5.91 Å². The number of carbonyl (C=O) groups excluding carboxylic acids is 1. The van der Waals surface area contributed by atoms with Crippen molar-refractivity contribution in [3.63, 3.8) is 0 Å². The number of likely N-dealkylation sites (N-methyl/N-ethyl adjacent to an activating group) is 1. The Morgan fingerprint density at radius 3 is 2.52 bits per heavy atom. The van der Waals surface area contributed by atoms with Gasteiger partial charge in [0.1, 0.15) is 6.54 Å². The van der Waals surface area contributed by atoms with Crippen LogP contribution in [0.25, 0.3) is 0 Å². The highest BCUT2D eigenvalue weighted by Gasteiger charge is 2.24. The van der Waals surface area contributed by atoms with E-state index < -0.39 is 0 Å². The minimum Gasteiger partial charge on any atom is -0.356 e. The Hall–Kier alpha value is -0.530. The summed E-state index contributed by atoms with van der Waals surface area (Å²) in [6.45, 7) is 9.91. The molecule has 0 spiro atoms. The summed E-state index contributed by atoms with van der Waals surface area (Å²) in [5.41, 5.74) is 0. The van der Waals surface area contributed by atoms with E-state index in [2.05, 4.69) is 36.0 Å². The molecule has 0 saturated carbocycles. The van der Waals surface area contributed by atoms with Crippen LogP contribution < -0.4 is 5.32 Å². The molecule has 6 heteroatoms. The smallest absolute Gasteiger partial charge is 0.243 e. The van der Waals surface area contributed by atoms with Crippen LogP contribution >= 0.6 is 24.0 Å². The topological polar surface area (TPSA) is 47.9 Å². The molecule has 0 aromatic rings. The number of rotatable bonds is 4. The van der Waals surface area contributed by atoms with Crippen LogP contribution in [0.15, 0.2) is 4.99 Å². The van der Waals surface area contributed by atoms with Gasteiger partial charge >= 0.3 is 0 Å². The van der Waals surface area contributed by atoms with Gasteiger partial charge in [0.15, 0.2) is 5.96 Å². The van der Waals surface area contributed by atoms with Crippen LogP contribution in [0.3, 0.4) is 0 Å². The molecule has 2 atom stereocenters. The molecule has 21 heavy (non-hydrogen) atoms. The third kappa shape index (κ3) is 6.84. The minimum absolute atomic E-state index is 0. The third-order valence-corrected chi connectivity index (χ3v) is 4.03. The predicted octanol–water partition coefficient (Wildman–Crippen LogP) is 2.03. The van der Waals surface area contributed by atoms with E-state index in [-0.39, 0.29) is 36.4 Å². The average molecular weight is 410 g/mol. The predicted molar refractivity (Wildman–Crippen MR) is 99.2 cm³/mol. The normalized spacial score (nSPS) is 22.5. The van der Waals surface area contributed by atoms with E-state index in [1.54, 1.807) is 19.0 Å². The first-order chi connectivity index (χ1) is 9.45. The van der Waals surface area contributed by atoms with E-state index in [1.807, 2.05) is 0 Å². The molecule has 1 heterocycles. The first-order valence-electron chi connectivity index (χ1n) is 7.69. The maximum Gasteiger partial charge on any atom is 0.243 e. The number of hydrogen-bond acceptors (Lipinski definition) is 2. The second-order valence-electron chi connectivity index (χ2n) is 6.04. The molecule has 1 saturated heterocycles. The molecule has 0 aromatic carbocycles. The summed E-state index contributed by atoms with van der Waals surface area (Å²) in [5.74, 6) is 2.36. The number of amides is 1. The van der Waals surface area contributed by atoms with Crippen LogP contribution in [0.2, 0.25) is 0 Å². The number of guanidine groups is 1. The SMILES string of the molecule is CCCNC(=NCC(=O)N(C)C)N1CCC(C)C(C)C1.I. The number of carbonyl (C=O) groups is 1. The number of halogens is 1. The molecule has 0 radical (unpaired) electrons. The van der Waals surface area contributed by atoms with Crippen molar-refractivity contribution in [2.45, 2.75) is 33.6 Å². The van der Waals surface area contributed by atoms with Crippen LogP contribution in [0.4, 0.5) is 0 Å². The third-order valence-electron chi connectivity index (χ3n) is 4.03. The van der Waals surface area contributed by atoms with Gasteiger partial charge in [0, 0.05) is 33.7 Å². The molecule has 1 fully saturated rings. The highest BCUT2D eigenvalue weighted by Crippen LogP contribution is 2.22. The fraction of sp³-hybridized carbons (Fsp3) is 0.867. The summed E-state index contributed by atoms with van der Waals surface area (Å²) in [7, 11) is 3.53. The largest absolute Gasteiger partial charge is 0.356 e. The second-order valence-corrected chi connectivity index (χ2v) is 6.04. The lowest BCUT2D eigenvalue weighted by molar-refractivity contribution is -0.127. The van der Waals surface area contributed by atoms with Gasteiger partial charge in [0.25, 0.3) is 0 Å². The Balaban J connectivity index is 0.00000400. The number of aliphatic imine (C=N–C) groups is 1. The molecule has 0 bridgehead atoms. The average Bonchev–Trinajstić information content (AvgIpc) is 2.41. The van der Waals surface area contributed by atoms with Crippen LogP contribution in [0.5, 0.6) is 0 Å². The van der Waals surface area contributed by atoms with Gasteiger partial charge in [-0.3, -0.25) is 4.79 Å². The van der Waals surface area contributed by atoms with Crippen molar-refractivity contribution >= 4 is 35.8 Å². The zero-order valence-corrected chi connectivity index (χ0v) is 16.4. The Kier molecular flexibility index (Phi) is 9.98. The van der Waals surface area contributed by atoms with Crippen LogP contribution in [0.1, 0.15) is 33.6 Å². The summed E-state index contributed by atoms with van der Waals surface area (Å²) in [6, 6.07) is 0. The lowest BCUT2D eigenvalue weighted by atomic mass is 9.89. The van der Waals surface area contributed by atoms with Crippen molar-refractivity contribution in [3.8, 4) is 0 Å². The summed E-state index contributed by atoms with van der Waals surface area (Å²) in [4.78, 5) is 20.1. The van der Waals surface area contributed by atoms with Crippen molar-refractivity contribution in [1.29, 1.82) is 0 Å². The Labute approximate surface area is 146 Å². The van der Waals surface area contributed by atoms with Crippen molar-refractivity contribution < 1.29 is 4.79 Å². The number of piperidine rings is 1.